The minimum absolute atomic E-state index is 0.0950. The molecular formula is C11H17N3. The van der Waals surface area contributed by atoms with Crippen molar-refractivity contribution in [2.24, 2.45) is 16.1 Å². The summed E-state index contributed by atoms with van der Waals surface area (Å²) in [7, 11) is 0. The quantitative estimate of drug-likeness (QED) is 0.547. The third-order valence-electron chi connectivity index (χ3n) is 1.99. The molecule has 0 saturated heterocycles. The number of aryl methyl sites for hydroxylation is 1. The summed E-state index contributed by atoms with van der Waals surface area (Å²) in [6.45, 7) is 8.04. The molecule has 1 aromatic heterocycles. The Morgan fingerprint density at radius 3 is 2.57 bits per heavy atom. The van der Waals surface area contributed by atoms with Crippen LogP contribution in [0.3, 0.4) is 0 Å². The molecular weight excluding hydrogens is 174 g/mol. The summed E-state index contributed by atoms with van der Waals surface area (Å²) < 4.78 is 0. The van der Waals surface area contributed by atoms with Crippen molar-refractivity contribution in [3.8, 4) is 0 Å². The van der Waals surface area contributed by atoms with E-state index in [0.717, 1.165) is 11.4 Å². The summed E-state index contributed by atoms with van der Waals surface area (Å²) in [4.78, 5) is 8.51. The number of nitrogens with zero attached hydrogens (tertiary/aromatic N) is 2. The van der Waals surface area contributed by atoms with Crippen molar-refractivity contribution < 1.29 is 0 Å². The van der Waals surface area contributed by atoms with Crippen LogP contribution in [0.1, 0.15) is 26.5 Å². The molecule has 1 heterocycles. The fourth-order valence-corrected chi connectivity index (χ4v) is 0.891. The van der Waals surface area contributed by atoms with Crippen molar-refractivity contribution in [1.29, 1.82) is 0 Å². The molecule has 0 aliphatic carbocycles. The molecule has 1 aromatic rings. The summed E-state index contributed by atoms with van der Waals surface area (Å²) in [5.41, 5.74) is 7.53. The van der Waals surface area contributed by atoms with Crippen molar-refractivity contribution in [3.05, 3.63) is 24.0 Å². The lowest BCUT2D eigenvalue weighted by Crippen LogP contribution is -2.28. The molecule has 0 unspecified atom stereocenters. The minimum Gasteiger partial charge on any atom is -0.387 e. The van der Waals surface area contributed by atoms with E-state index in [1.54, 1.807) is 6.20 Å². The smallest absolute Gasteiger partial charge is 0.105 e. The summed E-state index contributed by atoms with van der Waals surface area (Å²) in [6, 6.07) is 3.78. The zero-order valence-electron chi connectivity index (χ0n) is 9.20. The predicted molar refractivity (Wildman–Crippen MR) is 59.7 cm³/mol. The van der Waals surface area contributed by atoms with Gasteiger partial charge in [-0.25, -0.2) is 4.99 Å². The van der Waals surface area contributed by atoms with Gasteiger partial charge in [-0.15, -0.1) is 0 Å². The van der Waals surface area contributed by atoms with Crippen LogP contribution >= 0.6 is 0 Å². The van der Waals surface area contributed by atoms with Gasteiger partial charge in [-0.2, -0.15) is 0 Å². The van der Waals surface area contributed by atoms with Crippen LogP contribution in [-0.4, -0.2) is 10.8 Å². The Hall–Kier alpha value is -1.38. The molecule has 3 nitrogen and oxygen atoms in total. The molecule has 0 aromatic carbocycles. The zero-order chi connectivity index (χ0) is 10.8. The second kappa shape index (κ2) is 3.78. The van der Waals surface area contributed by atoms with Crippen LogP contribution in [0, 0.1) is 12.3 Å². The molecule has 0 saturated carbocycles. The molecule has 0 aliphatic rings. The Kier molecular flexibility index (Phi) is 2.89. The number of nitrogens with two attached hydrogens (primary N) is 1. The summed E-state index contributed by atoms with van der Waals surface area (Å²) >= 11 is 0. The molecule has 0 bridgehead atoms. The first-order valence-electron chi connectivity index (χ1n) is 4.67. The van der Waals surface area contributed by atoms with E-state index in [9.17, 15) is 0 Å². The number of rotatable bonds is 1. The molecule has 1 rings (SSSR count). The van der Waals surface area contributed by atoms with E-state index in [2.05, 4.69) is 9.98 Å². The van der Waals surface area contributed by atoms with Crippen molar-refractivity contribution in [2.45, 2.75) is 27.7 Å². The van der Waals surface area contributed by atoms with Gasteiger partial charge in [-0.3, -0.25) is 4.98 Å². The zero-order valence-corrected chi connectivity index (χ0v) is 9.20. The lowest BCUT2D eigenvalue weighted by atomic mass is 9.95. The molecule has 2 N–H and O–H groups in total. The van der Waals surface area contributed by atoms with Crippen LogP contribution in [0.2, 0.25) is 0 Å². The second-order valence-electron chi connectivity index (χ2n) is 4.35. The fraction of sp³-hybridized carbons (Fsp3) is 0.455. The first kappa shape index (κ1) is 10.7. The largest absolute Gasteiger partial charge is 0.387 e. The van der Waals surface area contributed by atoms with Gasteiger partial charge in [0.05, 0.1) is 11.4 Å². The van der Waals surface area contributed by atoms with E-state index in [4.69, 9.17) is 5.73 Å². The monoisotopic (exact) mass is 191 g/mol. The number of hydrogen-bond donors (Lipinski definition) is 1. The fourth-order valence-electron chi connectivity index (χ4n) is 0.891. The van der Waals surface area contributed by atoms with Gasteiger partial charge in [-0.05, 0) is 19.1 Å². The molecule has 0 fully saturated rings. The van der Waals surface area contributed by atoms with Crippen molar-refractivity contribution in [2.75, 3.05) is 0 Å². The van der Waals surface area contributed by atoms with Gasteiger partial charge in [0, 0.05) is 11.6 Å². The van der Waals surface area contributed by atoms with E-state index in [1.165, 1.54) is 0 Å². The maximum absolute atomic E-state index is 5.87. The molecule has 0 radical (unpaired) electrons. The Balaban J connectivity index is 3.04. The molecule has 0 aliphatic heterocycles. The molecule has 14 heavy (non-hydrogen) atoms. The van der Waals surface area contributed by atoms with Crippen LogP contribution in [0.25, 0.3) is 0 Å². The standard InChI is InChI=1S/C11H17N3/c1-8-9(6-5-7-13-8)14-10(12)11(2,3)4/h5-7H,1-4H3,(H2,12,14). The number of aromatic nitrogens is 1. The van der Waals surface area contributed by atoms with Gasteiger partial charge < -0.3 is 5.73 Å². The SMILES string of the molecule is Cc1ncccc1N=C(N)C(C)(C)C. The maximum Gasteiger partial charge on any atom is 0.105 e. The molecule has 76 valence electrons. The highest BCUT2D eigenvalue weighted by atomic mass is 14.9. The molecule has 0 atom stereocenters. The molecule has 0 amide bonds. The van der Waals surface area contributed by atoms with Crippen molar-refractivity contribution in [3.63, 3.8) is 0 Å². The Bertz CT molecular complexity index is 348. The average Bonchev–Trinajstić information content (AvgIpc) is 2.07. The van der Waals surface area contributed by atoms with E-state index >= 15 is 0 Å². The van der Waals surface area contributed by atoms with E-state index in [-0.39, 0.29) is 5.41 Å². The topological polar surface area (TPSA) is 51.3 Å². The normalized spacial score (nSPS) is 13.0. The number of pyridine rings is 1. The van der Waals surface area contributed by atoms with Crippen LogP contribution in [0.15, 0.2) is 23.3 Å². The van der Waals surface area contributed by atoms with Crippen LogP contribution in [0.4, 0.5) is 5.69 Å². The number of hydrogen-bond acceptors (Lipinski definition) is 2. The van der Waals surface area contributed by atoms with E-state index < -0.39 is 0 Å². The lowest BCUT2D eigenvalue weighted by molar-refractivity contribution is 0.585. The van der Waals surface area contributed by atoms with Gasteiger partial charge >= 0.3 is 0 Å². The first-order valence-corrected chi connectivity index (χ1v) is 4.67. The van der Waals surface area contributed by atoms with Gasteiger partial charge in [-0.1, -0.05) is 20.8 Å². The predicted octanol–water partition coefficient (Wildman–Crippen LogP) is 2.42. The van der Waals surface area contributed by atoms with Crippen LogP contribution in [0.5, 0.6) is 0 Å². The van der Waals surface area contributed by atoms with Gasteiger partial charge in [0.2, 0.25) is 0 Å². The first-order chi connectivity index (χ1) is 6.41. The van der Waals surface area contributed by atoms with Gasteiger partial charge in [0.15, 0.2) is 0 Å². The van der Waals surface area contributed by atoms with Crippen molar-refractivity contribution >= 4 is 11.5 Å². The third kappa shape index (κ3) is 2.55. The number of aliphatic imine (C=N–C) groups is 1. The van der Waals surface area contributed by atoms with Gasteiger partial charge in [0.1, 0.15) is 5.84 Å². The summed E-state index contributed by atoms with van der Waals surface area (Å²) in [5, 5.41) is 0. The molecule has 3 heteroatoms. The van der Waals surface area contributed by atoms with Crippen LogP contribution in [-0.2, 0) is 0 Å². The Morgan fingerprint density at radius 1 is 1.43 bits per heavy atom. The average molecular weight is 191 g/mol. The highest BCUT2D eigenvalue weighted by Gasteiger charge is 2.15. The van der Waals surface area contributed by atoms with Crippen LogP contribution < -0.4 is 5.73 Å². The second-order valence-corrected chi connectivity index (χ2v) is 4.35. The third-order valence-corrected chi connectivity index (χ3v) is 1.99. The number of amidine groups is 1. The van der Waals surface area contributed by atoms with Crippen molar-refractivity contribution in [1.82, 2.24) is 4.98 Å². The Morgan fingerprint density at radius 2 is 2.07 bits per heavy atom. The summed E-state index contributed by atoms with van der Waals surface area (Å²) in [6.07, 6.45) is 1.75. The maximum atomic E-state index is 5.87. The lowest BCUT2D eigenvalue weighted by Gasteiger charge is -2.17. The Labute approximate surface area is 85.1 Å². The minimum atomic E-state index is -0.0950. The van der Waals surface area contributed by atoms with E-state index in [1.807, 2.05) is 39.8 Å². The van der Waals surface area contributed by atoms with E-state index in [0.29, 0.717) is 5.84 Å². The highest BCUT2D eigenvalue weighted by Crippen LogP contribution is 2.19. The highest BCUT2D eigenvalue weighted by molar-refractivity contribution is 5.87. The van der Waals surface area contributed by atoms with Gasteiger partial charge in [0.25, 0.3) is 0 Å². The molecule has 0 spiro atoms. The summed E-state index contributed by atoms with van der Waals surface area (Å²) in [5.74, 6) is 0.633.